The smallest absolute Gasteiger partial charge is 0.231 e. The van der Waals surface area contributed by atoms with Gasteiger partial charge in [0.05, 0.1) is 0 Å². The van der Waals surface area contributed by atoms with E-state index >= 15 is 0 Å². The molecule has 0 atom stereocenters. The van der Waals surface area contributed by atoms with Gasteiger partial charge < -0.3 is 0 Å². The van der Waals surface area contributed by atoms with Crippen molar-refractivity contribution in [2.45, 2.75) is 26.3 Å². The van der Waals surface area contributed by atoms with E-state index in [1.165, 1.54) is 4.57 Å². The largest absolute Gasteiger partial charge is 0.296 e. The number of imidazole rings is 1. The van der Waals surface area contributed by atoms with Gasteiger partial charge in [0.15, 0.2) is 0 Å². The van der Waals surface area contributed by atoms with Crippen molar-refractivity contribution in [3.8, 4) is 6.19 Å². The van der Waals surface area contributed by atoms with Crippen LogP contribution in [-0.4, -0.2) is 4.57 Å². The fraction of sp³-hybridized carbons (Fsp3) is 0.500. The summed E-state index contributed by atoms with van der Waals surface area (Å²) in [5, 5.41) is 8.52. The molecule has 58 valence electrons. The Morgan fingerprint density at radius 2 is 2.09 bits per heavy atom. The summed E-state index contributed by atoms with van der Waals surface area (Å²) < 4.78 is 3.47. The molecule has 11 heavy (non-hydrogen) atoms. The Morgan fingerprint density at radius 1 is 1.45 bits per heavy atom. The van der Waals surface area contributed by atoms with Gasteiger partial charge in [0.25, 0.3) is 12.5 Å². The van der Waals surface area contributed by atoms with Gasteiger partial charge in [0.1, 0.15) is 17.9 Å². The van der Waals surface area contributed by atoms with E-state index in [4.69, 9.17) is 5.26 Å². The Kier molecular flexibility index (Phi) is 1.69. The molecule has 0 saturated carbocycles. The summed E-state index contributed by atoms with van der Waals surface area (Å²) in [4.78, 5) is 0. The first-order chi connectivity index (χ1) is 5.04. The second-order valence-corrected chi connectivity index (χ2v) is 3.50. The first-order valence-corrected chi connectivity index (χ1v) is 3.54. The van der Waals surface area contributed by atoms with Crippen LogP contribution in [0.5, 0.6) is 0 Å². The van der Waals surface area contributed by atoms with E-state index in [-0.39, 0.29) is 5.54 Å². The predicted molar refractivity (Wildman–Crippen MR) is 40.6 cm³/mol. The lowest BCUT2D eigenvalue weighted by Crippen LogP contribution is -2.48. The normalized spacial score (nSPS) is 11.1. The third-order valence-corrected chi connectivity index (χ3v) is 1.53. The molecule has 0 radical (unpaired) electrons. The summed E-state index contributed by atoms with van der Waals surface area (Å²) in [6, 6.07) is 0. The zero-order chi connectivity index (χ0) is 8.48. The summed E-state index contributed by atoms with van der Waals surface area (Å²) in [5.41, 5.74) is 0.0576. The van der Waals surface area contributed by atoms with Crippen LogP contribution >= 0.6 is 0 Å². The molecule has 1 aromatic rings. The number of hydrogen-bond acceptors (Lipinski definition) is 1. The van der Waals surface area contributed by atoms with E-state index in [1.807, 2.05) is 17.0 Å². The quantitative estimate of drug-likeness (QED) is 0.505. The van der Waals surface area contributed by atoms with Crippen LogP contribution in [0, 0.1) is 11.5 Å². The first-order valence-electron chi connectivity index (χ1n) is 3.54. The average Bonchev–Trinajstić information content (AvgIpc) is 2.32. The monoisotopic (exact) mass is 150 g/mol. The molecule has 0 unspecified atom stereocenters. The fourth-order valence-electron chi connectivity index (χ4n) is 0.811. The molecule has 0 aliphatic carbocycles. The molecule has 0 fully saturated rings. The SMILES string of the molecule is CC(C)(C)[n+]1ccn(C#N)c1. The highest BCUT2D eigenvalue weighted by atomic mass is 15.1. The maximum Gasteiger partial charge on any atom is 0.296 e. The van der Waals surface area contributed by atoms with Gasteiger partial charge in [0, 0.05) is 0 Å². The number of aromatic nitrogens is 2. The first kappa shape index (κ1) is 7.80. The van der Waals surface area contributed by atoms with E-state index < -0.39 is 0 Å². The van der Waals surface area contributed by atoms with Gasteiger partial charge in [-0.2, -0.15) is 0 Å². The van der Waals surface area contributed by atoms with E-state index in [9.17, 15) is 0 Å². The molecule has 0 aliphatic rings. The molecule has 0 saturated heterocycles. The van der Waals surface area contributed by atoms with E-state index in [0.29, 0.717) is 0 Å². The van der Waals surface area contributed by atoms with Crippen molar-refractivity contribution in [3.05, 3.63) is 18.7 Å². The van der Waals surface area contributed by atoms with Crippen LogP contribution in [0.2, 0.25) is 0 Å². The summed E-state index contributed by atoms with van der Waals surface area (Å²) in [6.45, 7) is 6.28. The number of nitrogens with zero attached hydrogens (tertiary/aromatic N) is 3. The number of rotatable bonds is 0. The van der Waals surface area contributed by atoms with Crippen LogP contribution in [0.4, 0.5) is 0 Å². The van der Waals surface area contributed by atoms with Crippen LogP contribution in [0.3, 0.4) is 0 Å². The summed E-state index contributed by atoms with van der Waals surface area (Å²) in [5.74, 6) is 0. The fourth-order valence-corrected chi connectivity index (χ4v) is 0.811. The van der Waals surface area contributed by atoms with Gasteiger partial charge in [-0.1, -0.05) is 0 Å². The lowest BCUT2D eigenvalue weighted by atomic mass is 10.1. The van der Waals surface area contributed by atoms with Gasteiger partial charge in [-0.3, -0.25) is 0 Å². The molecule has 0 spiro atoms. The molecule has 1 rings (SSSR count). The molecule has 0 aromatic carbocycles. The van der Waals surface area contributed by atoms with Crippen LogP contribution < -0.4 is 4.57 Å². The minimum atomic E-state index is 0.0576. The molecule has 1 aromatic heterocycles. The molecule has 1 heterocycles. The van der Waals surface area contributed by atoms with Crippen molar-refractivity contribution in [1.82, 2.24) is 4.57 Å². The van der Waals surface area contributed by atoms with E-state index in [2.05, 4.69) is 20.8 Å². The Morgan fingerprint density at radius 3 is 2.36 bits per heavy atom. The lowest BCUT2D eigenvalue weighted by Gasteiger charge is -2.12. The van der Waals surface area contributed by atoms with Gasteiger partial charge in [-0.25, -0.2) is 4.57 Å². The van der Waals surface area contributed by atoms with E-state index in [0.717, 1.165) is 0 Å². The third kappa shape index (κ3) is 1.58. The van der Waals surface area contributed by atoms with Gasteiger partial charge in [-0.05, 0) is 20.8 Å². The number of hydrogen-bond donors (Lipinski definition) is 0. The van der Waals surface area contributed by atoms with Crippen molar-refractivity contribution >= 4 is 0 Å². The summed E-state index contributed by atoms with van der Waals surface area (Å²) in [7, 11) is 0. The second-order valence-electron chi connectivity index (χ2n) is 3.50. The highest BCUT2D eigenvalue weighted by molar-refractivity contribution is 4.82. The van der Waals surface area contributed by atoms with Crippen LogP contribution in [0.15, 0.2) is 18.7 Å². The van der Waals surface area contributed by atoms with Gasteiger partial charge in [-0.15, -0.1) is 9.83 Å². The third-order valence-electron chi connectivity index (χ3n) is 1.53. The van der Waals surface area contributed by atoms with Crippen molar-refractivity contribution in [3.63, 3.8) is 0 Å². The maximum absolute atomic E-state index is 8.52. The molecular weight excluding hydrogens is 138 g/mol. The summed E-state index contributed by atoms with van der Waals surface area (Å²) in [6.07, 6.45) is 7.43. The van der Waals surface area contributed by atoms with Crippen molar-refractivity contribution in [1.29, 1.82) is 5.26 Å². The molecule has 0 amide bonds. The summed E-state index contributed by atoms with van der Waals surface area (Å²) >= 11 is 0. The minimum Gasteiger partial charge on any atom is -0.231 e. The molecule has 3 heteroatoms. The molecule has 0 N–H and O–H groups in total. The van der Waals surface area contributed by atoms with Crippen molar-refractivity contribution in [2.24, 2.45) is 0 Å². The van der Waals surface area contributed by atoms with Crippen LogP contribution in [-0.2, 0) is 5.54 Å². The zero-order valence-corrected chi connectivity index (χ0v) is 7.07. The van der Waals surface area contributed by atoms with E-state index in [1.54, 1.807) is 12.5 Å². The average molecular weight is 150 g/mol. The molecular formula is C8H12N3+. The van der Waals surface area contributed by atoms with Crippen molar-refractivity contribution < 1.29 is 4.57 Å². The lowest BCUT2D eigenvalue weighted by molar-refractivity contribution is -0.753. The van der Waals surface area contributed by atoms with Gasteiger partial charge >= 0.3 is 0 Å². The topological polar surface area (TPSA) is 32.6 Å². The van der Waals surface area contributed by atoms with Gasteiger partial charge in [0.2, 0.25) is 0 Å². The highest BCUT2D eigenvalue weighted by Gasteiger charge is 2.18. The standard InChI is InChI=1S/C8H12N3/c1-8(2,3)11-5-4-10(6-9)7-11/h4-5,7H,1-3H3/q+1. The van der Waals surface area contributed by atoms with Crippen molar-refractivity contribution in [2.75, 3.05) is 0 Å². The molecule has 3 nitrogen and oxygen atoms in total. The predicted octanol–water partition coefficient (Wildman–Crippen LogP) is 0.860. The molecule has 0 aliphatic heterocycles. The zero-order valence-electron chi connectivity index (χ0n) is 7.07. The Bertz CT molecular complexity index is 285. The van der Waals surface area contributed by atoms with Crippen LogP contribution in [0.25, 0.3) is 0 Å². The Labute approximate surface area is 66.5 Å². The Balaban J connectivity index is 3.01. The number of nitriles is 1. The van der Waals surface area contributed by atoms with Crippen LogP contribution in [0.1, 0.15) is 20.8 Å². The Hall–Kier alpha value is -1.30. The second kappa shape index (κ2) is 2.39. The molecule has 0 bridgehead atoms. The highest BCUT2D eigenvalue weighted by Crippen LogP contribution is 2.01. The maximum atomic E-state index is 8.52. The minimum absolute atomic E-state index is 0.0576.